The molecule has 0 spiro atoms. The van der Waals surface area contributed by atoms with Crippen LogP contribution in [-0.2, 0) is 14.7 Å². The van der Waals surface area contributed by atoms with E-state index in [1.165, 1.54) is 12.1 Å². The summed E-state index contributed by atoms with van der Waals surface area (Å²) in [6, 6.07) is 43.1. The fourth-order valence-electron chi connectivity index (χ4n) is 9.56. The molecule has 0 atom stereocenters. The van der Waals surface area contributed by atoms with Crippen molar-refractivity contribution in [3.63, 3.8) is 0 Å². The quantitative estimate of drug-likeness (QED) is 0.0301. The van der Waals surface area contributed by atoms with E-state index >= 15 is 0 Å². The molecule has 0 amide bonds. The van der Waals surface area contributed by atoms with Gasteiger partial charge in [0.15, 0.2) is 5.69 Å². The first kappa shape index (κ1) is 73.1. The summed E-state index contributed by atoms with van der Waals surface area (Å²) < 4.78 is 135. The summed E-state index contributed by atoms with van der Waals surface area (Å²) in [7, 11) is 3.30. The van der Waals surface area contributed by atoms with Gasteiger partial charge in [0.25, 0.3) is 0 Å². The third-order valence-electron chi connectivity index (χ3n) is 13.8. The molecule has 0 aliphatic rings. The van der Waals surface area contributed by atoms with Crippen molar-refractivity contribution in [2.24, 2.45) is 0 Å². The van der Waals surface area contributed by atoms with Crippen LogP contribution in [0.25, 0.3) is 70.3 Å². The first-order chi connectivity index (χ1) is 46.8. The van der Waals surface area contributed by atoms with Crippen LogP contribution in [0.2, 0.25) is 0 Å². The number of para-hydroxylation sites is 2. The number of aromatic nitrogens is 6. The van der Waals surface area contributed by atoms with Crippen LogP contribution in [-0.4, -0.2) is 146 Å². The molecule has 6 aromatic heterocycles. The van der Waals surface area contributed by atoms with Crippen LogP contribution in [0.1, 0.15) is 45.3 Å². The Labute approximate surface area is 593 Å². The summed E-state index contributed by atoms with van der Waals surface area (Å²) in [4.78, 5) is 30.4. The molecule has 12 rings (SSSR count). The van der Waals surface area contributed by atoms with E-state index < -0.39 is 120 Å². The second kappa shape index (κ2) is 34.8. The van der Waals surface area contributed by atoms with E-state index in [2.05, 4.69) is 40.8 Å². The molecular formula is C66H50Al6F6N8O11. The van der Waals surface area contributed by atoms with Crippen LogP contribution in [0.3, 0.4) is 0 Å². The van der Waals surface area contributed by atoms with Crippen molar-refractivity contribution in [2.75, 3.05) is 21.1 Å². The molecule has 0 bridgehead atoms. The van der Waals surface area contributed by atoms with Crippen molar-refractivity contribution < 1.29 is 67.1 Å². The first-order valence-corrected chi connectivity index (χ1v) is 34.5. The SMILES string of the molecule is COc1cc(C)nc2c([O][Al][O][Al][O]c3cccc4c(OC)cc(C)nc34)cccc12.Cc1ccc2cc(F)cc([O][Al][O][Al][O]c3cc(C(F)(F)F)cc4ccc(C)nc34)c2n1.FCF.[C-]#[N+]c1ccc([O][Al][O][Al][O]c2ccc(C#N)c3ccc(C)nc23)c2nc(C)ccc12. The van der Waals surface area contributed by atoms with Gasteiger partial charge < -0.3 is 40.7 Å². The minimum Gasteiger partial charge on any atom is -0.626 e. The van der Waals surface area contributed by atoms with Gasteiger partial charge in [0.05, 0.1) is 43.5 Å². The number of ether oxygens (including phenoxy) is 2. The fourth-order valence-corrected chi connectivity index (χ4v) is 13.2. The van der Waals surface area contributed by atoms with Gasteiger partial charge >= 0.3 is 101 Å². The number of aryl methyl sites for hydroxylation is 6. The van der Waals surface area contributed by atoms with Gasteiger partial charge in [0, 0.05) is 84.7 Å². The molecule has 480 valence electrons. The monoisotopic (exact) mass is 1410 g/mol. The maximum Gasteiger partial charge on any atom is 0.743 e. The molecular weight excluding hydrogens is 1360 g/mol. The van der Waals surface area contributed by atoms with E-state index in [4.69, 9.17) is 47.3 Å². The Morgan fingerprint density at radius 2 is 0.804 bits per heavy atom. The van der Waals surface area contributed by atoms with Crippen molar-refractivity contribution in [2.45, 2.75) is 47.7 Å². The highest BCUT2D eigenvalue weighted by Crippen LogP contribution is 2.38. The van der Waals surface area contributed by atoms with Crippen LogP contribution >= 0.6 is 0 Å². The number of nitriles is 1. The van der Waals surface area contributed by atoms with Gasteiger partial charge in [-0.25, -0.2) is 42.9 Å². The van der Waals surface area contributed by atoms with E-state index in [0.29, 0.717) is 72.8 Å². The maximum atomic E-state index is 13.9. The van der Waals surface area contributed by atoms with Crippen LogP contribution < -0.4 is 32.2 Å². The Morgan fingerprint density at radius 1 is 0.423 bits per heavy atom. The van der Waals surface area contributed by atoms with E-state index in [1.54, 1.807) is 69.7 Å². The zero-order chi connectivity index (χ0) is 69.2. The van der Waals surface area contributed by atoms with Crippen molar-refractivity contribution in [3.8, 4) is 52.1 Å². The van der Waals surface area contributed by atoms with Crippen molar-refractivity contribution in [1.29, 1.82) is 5.26 Å². The fraction of sp³-hybridized carbons (Fsp3) is 0.152. The molecule has 0 N–H and O–H groups in total. The van der Waals surface area contributed by atoms with Crippen molar-refractivity contribution in [1.82, 2.24) is 29.9 Å². The lowest BCUT2D eigenvalue weighted by atomic mass is 10.1. The topological polar surface area (TPSA) is 207 Å². The number of halogens is 6. The zero-order valence-electron chi connectivity index (χ0n) is 52.9. The minimum atomic E-state index is -4.52. The molecule has 0 aliphatic carbocycles. The van der Waals surface area contributed by atoms with Gasteiger partial charge in [-0.2, -0.15) is 18.4 Å². The van der Waals surface area contributed by atoms with Crippen LogP contribution in [0.4, 0.5) is 32.0 Å². The van der Waals surface area contributed by atoms with E-state index in [-0.39, 0.29) is 11.5 Å². The normalized spacial score (nSPS) is 10.7. The number of nitrogens with zero attached hydrogens (tertiary/aromatic N) is 8. The van der Waals surface area contributed by atoms with E-state index in [1.807, 2.05) is 107 Å². The largest absolute Gasteiger partial charge is 0.743 e. The second-order valence-electron chi connectivity index (χ2n) is 20.6. The summed E-state index contributed by atoms with van der Waals surface area (Å²) in [5.41, 5.74) is 8.69. The summed E-state index contributed by atoms with van der Waals surface area (Å²) >= 11 is -5.48. The summed E-state index contributed by atoms with van der Waals surface area (Å²) in [5, 5.41) is 13.5. The lowest BCUT2D eigenvalue weighted by Crippen LogP contribution is -2.17. The zero-order valence-corrected chi connectivity index (χ0v) is 59.8. The number of methoxy groups -OCH3 is 2. The van der Waals surface area contributed by atoms with Crippen LogP contribution in [0, 0.1) is 65.3 Å². The Bertz CT molecular complexity index is 4710. The molecule has 6 radical (unpaired) electrons. The Kier molecular flexibility index (Phi) is 26.2. The van der Waals surface area contributed by atoms with Crippen LogP contribution in [0.15, 0.2) is 146 Å². The summed E-state index contributed by atoms with van der Waals surface area (Å²) in [5.74, 6) is 3.79. The number of hydrogen-bond donors (Lipinski definition) is 0. The van der Waals surface area contributed by atoms with Gasteiger partial charge in [-0.1, -0.05) is 36.4 Å². The second-order valence-corrected chi connectivity index (χ2v) is 26.4. The smallest absolute Gasteiger partial charge is 0.626 e. The predicted octanol–water partition coefficient (Wildman–Crippen LogP) is 14.3. The highest BCUT2D eigenvalue weighted by Gasteiger charge is 2.32. The van der Waals surface area contributed by atoms with Gasteiger partial charge in [0.2, 0.25) is 6.93 Å². The number of rotatable bonds is 20. The van der Waals surface area contributed by atoms with E-state index in [0.717, 1.165) is 84.7 Å². The van der Waals surface area contributed by atoms with Crippen molar-refractivity contribution >= 4 is 166 Å². The predicted molar refractivity (Wildman–Crippen MR) is 357 cm³/mol. The van der Waals surface area contributed by atoms with E-state index in [9.17, 15) is 31.6 Å². The third-order valence-corrected chi connectivity index (χ3v) is 18.6. The van der Waals surface area contributed by atoms with Crippen molar-refractivity contribution in [3.05, 3.63) is 208 Å². The molecule has 19 nitrogen and oxygen atoms in total. The van der Waals surface area contributed by atoms with Gasteiger partial charge in [0.1, 0.15) is 79.4 Å². The van der Waals surface area contributed by atoms with Gasteiger partial charge in [-0.3, -0.25) is 4.98 Å². The number of fused-ring (bicyclic) bond motifs is 6. The molecule has 0 aliphatic heterocycles. The van der Waals surface area contributed by atoms with Gasteiger partial charge in [-0.15, -0.1) is 0 Å². The third kappa shape index (κ3) is 19.1. The molecule has 0 saturated heterocycles. The molecule has 0 fully saturated rings. The number of hydrogen-bond acceptors (Lipinski definition) is 18. The minimum absolute atomic E-state index is 0.0126. The molecule has 97 heavy (non-hydrogen) atoms. The average Bonchev–Trinajstić information content (AvgIpc) is 0.846. The Morgan fingerprint density at radius 3 is 1.26 bits per heavy atom. The molecule has 6 aromatic carbocycles. The molecule has 0 unspecified atom stereocenters. The lowest BCUT2D eigenvalue weighted by Gasteiger charge is -2.14. The standard InChI is InChI=1S/C11H8F3NO.2C11H8N2O.2C11H11NO2.C10H8FNO.CH2F2.6Al.3O/c1-6-2-3-7-4-8(11(12,13)14)5-9(16)10(7)15-6;1-7-3-4-8-9(12-2)5-6-10(14)11(8)13-7;1-7-2-4-9-8(6-12)3-5-10(14)11(9)13-7;2*1-7-6-10(14-2)8-4-3-5-9(13)11(8)12-7;1-6-2-3-7-4-8(11)5-9(13)10(7)12-6;2-1-3;;;;;;;;;/h2-5,16H,1H3;3-6,14H,1H3;2-5,14H,1H3;2*3-6,13H,1-2H3;2-5,13H,1H3;1H2;;;;;;;;;/q;;;;;;;6*+1;;;/p-6. The first-order valence-electron chi connectivity index (χ1n) is 28.8. The molecule has 12 aromatic rings. The Hall–Kier alpha value is -8.19. The number of pyridine rings is 6. The summed E-state index contributed by atoms with van der Waals surface area (Å²) in [6.07, 6.45) is -4.52. The molecule has 0 saturated carbocycles. The maximum absolute atomic E-state index is 13.9. The highest BCUT2D eigenvalue weighted by molar-refractivity contribution is 6.37. The number of alkyl halides is 5. The lowest BCUT2D eigenvalue weighted by molar-refractivity contribution is -0.137. The molecule has 31 heteroatoms. The van der Waals surface area contributed by atoms with Gasteiger partial charge in [-0.05, 0) is 133 Å². The van der Waals surface area contributed by atoms with Crippen LogP contribution in [0.5, 0.6) is 46.0 Å². The number of benzene rings is 6. The highest BCUT2D eigenvalue weighted by atomic mass is 27.3. The average molecular weight is 1410 g/mol. The Balaban J connectivity index is 0.000000167. The summed E-state index contributed by atoms with van der Waals surface area (Å²) in [6.45, 7) is 16.8. The molecule has 6 heterocycles.